The third-order valence-corrected chi connectivity index (χ3v) is 9.48. The van der Waals surface area contributed by atoms with Crippen molar-refractivity contribution in [1.82, 2.24) is 20.0 Å². The van der Waals surface area contributed by atoms with E-state index in [-0.39, 0.29) is 25.0 Å². The van der Waals surface area contributed by atoms with Crippen LogP contribution in [0.1, 0.15) is 84.1 Å². The van der Waals surface area contributed by atoms with Crippen LogP contribution in [0.15, 0.2) is 36.5 Å². The molecular formula is C37H53N5O6. The van der Waals surface area contributed by atoms with Gasteiger partial charge in [0.2, 0.25) is 11.6 Å². The van der Waals surface area contributed by atoms with E-state index in [0.29, 0.717) is 38.8 Å². The van der Waals surface area contributed by atoms with Crippen molar-refractivity contribution < 1.29 is 28.9 Å². The number of hydrogen-bond acceptors (Lipinski definition) is 9. The molecule has 2 aromatic heterocycles. The molecule has 11 nitrogen and oxygen atoms in total. The SMILES string of the molecule is CCCC(=O)N1CCCC(O)(C(=O)OCC(C)(C)Cc2c(-c3cccnc3[C@H](C)OC)n(CC)c3ccc(N4CCCOCC4)cc23)N1. The number of benzene rings is 1. The summed E-state index contributed by atoms with van der Waals surface area (Å²) in [6.45, 7) is 14.7. The lowest BCUT2D eigenvalue weighted by Gasteiger charge is -2.39. The van der Waals surface area contributed by atoms with E-state index in [9.17, 15) is 14.7 Å². The fourth-order valence-corrected chi connectivity index (χ4v) is 6.90. The molecule has 48 heavy (non-hydrogen) atoms. The highest BCUT2D eigenvalue weighted by Crippen LogP contribution is 2.41. The Morgan fingerprint density at radius 1 is 1.15 bits per heavy atom. The molecule has 0 bridgehead atoms. The highest BCUT2D eigenvalue weighted by Gasteiger charge is 2.43. The topological polar surface area (TPSA) is 118 Å². The molecule has 2 N–H and O–H groups in total. The molecule has 1 amide bonds. The van der Waals surface area contributed by atoms with E-state index in [1.54, 1.807) is 13.3 Å². The number of esters is 1. The molecule has 4 heterocycles. The number of aryl methyl sites for hydroxylation is 1. The van der Waals surface area contributed by atoms with Crippen molar-refractivity contribution in [3.63, 3.8) is 0 Å². The maximum atomic E-state index is 13.4. The molecule has 2 saturated heterocycles. The molecule has 2 aliphatic rings. The number of methoxy groups -OCH3 is 1. The number of rotatable bonds is 12. The van der Waals surface area contributed by atoms with Crippen LogP contribution < -0.4 is 10.3 Å². The van der Waals surface area contributed by atoms with E-state index in [1.807, 2.05) is 19.9 Å². The summed E-state index contributed by atoms with van der Waals surface area (Å²) in [7, 11) is 1.70. The van der Waals surface area contributed by atoms with Crippen LogP contribution in [0.5, 0.6) is 0 Å². The van der Waals surface area contributed by atoms with Gasteiger partial charge in [-0.2, -0.15) is 5.43 Å². The zero-order valence-electron chi connectivity index (χ0n) is 29.5. The molecule has 2 fully saturated rings. The summed E-state index contributed by atoms with van der Waals surface area (Å²) in [6, 6.07) is 10.8. The van der Waals surface area contributed by atoms with Gasteiger partial charge in [0, 0.05) is 86.5 Å². The standard InChI is InChI=1S/C37H53N5O6/c1-7-12-32(43)42-19-10-16-37(45,39-42)35(44)48-25-36(4,5)24-30-29-23-27(40-18-11-21-47-22-20-40)14-15-31(29)41(8-2)34(30)28-13-9-17-38-33(28)26(3)46-6/h9,13-15,17,23,26,39,45H,7-8,10-12,16,18-22,24-25H2,1-6H3/t26-,37?/m0/s1. The molecule has 11 heteroatoms. The Labute approximate surface area is 284 Å². The molecule has 5 rings (SSSR count). The minimum absolute atomic E-state index is 0.0779. The number of pyridine rings is 1. The normalized spacial score (nSPS) is 19.7. The Balaban J connectivity index is 1.51. The number of fused-ring (bicyclic) bond motifs is 1. The van der Waals surface area contributed by atoms with Gasteiger partial charge in [0.05, 0.1) is 30.7 Å². The number of aliphatic hydroxyl groups is 1. The largest absolute Gasteiger partial charge is 0.462 e. The van der Waals surface area contributed by atoms with Crippen molar-refractivity contribution in [1.29, 1.82) is 0 Å². The van der Waals surface area contributed by atoms with Crippen LogP contribution in [-0.4, -0.2) is 83.8 Å². The summed E-state index contributed by atoms with van der Waals surface area (Å²) >= 11 is 0. The molecule has 262 valence electrons. The van der Waals surface area contributed by atoms with Gasteiger partial charge in [0.15, 0.2) is 0 Å². The van der Waals surface area contributed by atoms with Gasteiger partial charge in [0.25, 0.3) is 0 Å². The van der Waals surface area contributed by atoms with Gasteiger partial charge in [-0.15, -0.1) is 0 Å². The summed E-state index contributed by atoms with van der Waals surface area (Å²) < 4.78 is 19.7. The van der Waals surface area contributed by atoms with E-state index < -0.39 is 17.1 Å². The molecular weight excluding hydrogens is 610 g/mol. The Hall–Kier alpha value is -3.51. The van der Waals surface area contributed by atoms with Crippen molar-refractivity contribution >= 4 is 28.5 Å². The van der Waals surface area contributed by atoms with E-state index in [4.69, 9.17) is 19.2 Å². The molecule has 2 aliphatic heterocycles. The van der Waals surface area contributed by atoms with Crippen molar-refractivity contribution in [3.8, 4) is 11.3 Å². The van der Waals surface area contributed by atoms with Gasteiger partial charge in [-0.1, -0.05) is 20.8 Å². The first-order chi connectivity index (χ1) is 23.0. The van der Waals surface area contributed by atoms with E-state index in [0.717, 1.165) is 71.8 Å². The van der Waals surface area contributed by atoms with E-state index >= 15 is 0 Å². The summed E-state index contributed by atoms with van der Waals surface area (Å²) in [4.78, 5) is 33.1. The van der Waals surface area contributed by atoms with Crippen LogP contribution in [0.25, 0.3) is 22.2 Å². The predicted molar refractivity (Wildman–Crippen MR) is 186 cm³/mol. The van der Waals surface area contributed by atoms with Crippen molar-refractivity contribution in [3.05, 3.63) is 47.8 Å². The number of nitrogens with one attached hydrogen (secondary N) is 1. The minimum atomic E-state index is -1.95. The maximum absolute atomic E-state index is 13.4. The minimum Gasteiger partial charge on any atom is -0.462 e. The number of amides is 1. The van der Waals surface area contributed by atoms with Crippen molar-refractivity contribution in [2.24, 2.45) is 5.41 Å². The Morgan fingerprint density at radius 3 is 2.71 bits per heavy atom. The summed E-state index contributed by atoms with van der Waals surface area (Å²) in [5, 5.41) is 13.7. The molecule has 3 aromatic rings. The zero-order chi connectivity index (χ0) is 34.5. The van der Waals surface area contributed by atoms with Crippen molar-refractivity contribution in [2.45, 2.75) is 91.5 Å². The second-order valence-corrected chi connectivity index (χ2v) is 13.8. The number of carbonyl (C=O) groups is 2. The second kappa shape index (κ2) is 15.4. The van der Waals surface area contributed by atoms with Gasteiger partial charge in [-0.25, -0.2) is 4.79 Å². The Kier molecular flexibility index (Phi) is 11.5. The molecule has 1 aromatic carbocycles. The molecule has 2 atom stereocenters. The van der Waals surface area contributed by atoms with Crippen LogP contribution in [0, 0.1) is 5.41 Å². The maximum Gasteiger partial charge on any atom is 0.355 e. The third kappa shape index (κ3) is 7.70. The number of anilines is 1. The lowest BCUT2D eigenvalue weighted by molar-refractivity contribution is -0.188. The molecule has 0 radical (unpaired) electrons. The number of carbonyl (C=O) groups excluding carboxylic acids is 2. The Bertz CT molecular complexity index is 1580. The fraction of sp³-hybridized carbons (Fsp3) is 0.595. The van der Waals surface area contributed by atoms with Gasteiger partial charge in [0.1, 0.15) is 0 Å². The number of hydrogen-bond donors (Lipinski definition) is 2. The van der Waals surface area contributed by atoms with Gasteiger partial charge in [-0.05, 0) is 75.4 Å². The number of nitrogens with zero attached hydrogens (tertiary/aromatic N) is 4. The molecule has 1 unspecified atom stereocenters. The van der Waals surface area contributed by atoms with Gasteiger partial charge < -0.3 is 28.8 Å². The van der Waals surface area contributed by atoms with Crippen LogP contribution in [0.4, 0.5) is 5.69 Å². The molecule has 0 spiro atoms. The Morgan fingerprint density at radius 2 is 1.96 bits per heavy atom. The number of ether oxygens (including phenoxy) is 3. The van der Waals surface area contributed by atoms with Crippen LogP contribution >= 0.6 is 0 Å². The van der Waals surface area contributed by atoms with Crippen LogP contribution in [0.3, 0.4) is 0 Å². The second-order valence-electron chi connectivity index (χ2n) is 13.8. The summed E-state index contributed by atoms with van der Waals surface area (Å²) in [6.07, 6.45) is 4.84. The smallest absolute Gasteiger partial charge is 0.355 e. The molecule has 0 aliphatic carbocycles. The van der Waals surface area contributed by atoms with E-state index in [2.05, 4.69) is 59.9 Å². The number of hydrazine groups is 1. The highest BCUT2D eigenvalue weighted by atomic mass is 16.6. The zero-order valence-corrected chi connectivity index (χ0v) is 29.5. The van der Waals surface area contributed by atoms with Crippen molar-refractivity contribution in [2.75, 3.05) is 51.5 Å². The lowest BCUT2D eigenvalue weighted by Crippen LogP contribution is -2.64. The third-order valence-electron chi connectivity index (χ3n) is 9.48. The summed E-state index contributed by atoms with van der Waals surface area (Å²) in [5.74, 6) is -0.914. The predicted octanol–water partition coefficient (Wildman–Crippen LogP) is 5.38. The molecule has 0 saturated carbocycles. The van der Waals surface area contributed by atoms with Crippen LogP contribution in [0.2, 0.25) is 0 Å². The fourth-order valence-electron chi connectivity index (χ4n) is 6.90. The number of aromatic nitrogens is 2. The average Bonchev–Trinajstić information content (AvgIpc) is 3.21. The van der Waals surface area contributed by atoms with Gasteiger partial charge >= 0.3 is 5.97 Å². The van der Waals surface area contributed by atoms with Gasteiger partial charge in [-0.3, -0.25) is 14.8 Å². The first-order valence-corrected chi connectivity index (χ1v) is 17.5. The lowest BCUT2D eigenvalue weighted by atomic mass is 9.84. The monoisotopic (exact) mass is 663 g/mol. The highest BCUT2D eigenvalue weighted by molar-refractivity contribution is 5.94. The summed E-state index contributed by atoms with van der Waals surface area (Å²) in [5.41, 5.74) is 6.67. The van der Waals surface area contributed by atoms with E-state index in [1.165, 1.54) is 5.01 Å². The average molecular weight is 664 g/mol. The van der Waals surface area contributed by atoms with Crippen LogP contribution in [-0.2, 0) is 36.8 Å². The first-order valence-electron chi connectivity index (χ1n) is 17.5. The quantitative estimate of drug-likeness (QED) is 0.246. The first kappa shape index (κ1) is 35.8.